The van der Waals surface area contributed by atoms with Gasteiger partial charge in [-0.2, -0.15) is 0 Å². The highest BCUT2D eigenvalue weighted by Gasteiger charge is 2.11. The van der Waals surface area contributed by atoms with E-state index in [0.717, 1.165) is 0 Å². The van der Waals surface area contributed by atoms with Crippen molar-refractivity contribution in [1.29, 1.82) is 0 Å². The van der Waals surface area contributed by atoms with Gasteiger partial charge in [-0.3, -0.25) is 10.1 Å². The Kier molecular flexibility index (Phi) is 4.33. The number of para-hydroxylation sites is 1. The van der Waals surface area contributed by atoms with Crippen LogP contribution in [-0.4, -0.2) is 31.7 Å². The Labute approximate surface area is 140 Å². The number of carbonyl (C=O) groups is 1. The molecule has 126 valence electrons. The average molecular weight is 340 g/mol. The lowest BCUT2D eigenvalue weighted by Gasteiger charge is -2.02. The predicted molar refractivity (Wildman–Crippen MR) is 87.4 cm³/mol. The van der Waals surface area contributed by atoms with Crippen LogP contribution in [0.3, 0.4) is 0 Å². The molecule has 0 saturated heterocycles. The first-order valence-electron chi connectivity index (χ1n) is 7.11. The molecule has 10 nitrogen and oxygen atoms in total. The van der Waals surface area contributed by atoms with E-state index in [-0.39, 0.29) is 18.1 Å². The minimum absolute atomic E-state index is 0.0771. The highest BCUT2D eigenvalue weighted by atomic mass is 16.7. The monoisotopic (exact) mass is 340 g/mol. The summed E-state index contributed by atoms with van der Waals surface area (Å²) >= 11 is 0. The second-order valence-electron chi connectivity index (χ2n) is 4.98. The number of fused-ring (bicyclic) bond motifs is 1. The molecular weight excluding hydrogens is 328 g/mol. The third-order valence-electron chi connectivity index (χ3n) is 3.32. The molecular formula is C15H12N6O4. The number of nitrogens with zero attached hydrogens (tertiary/aromatic N) is 5. The topological polar surface area (TPSA) is 139 Å². The quantitative estimate of drug-likeness (QED) is 0.242. The predicted octanol–water partition coefficient (Wildman–Crippen LogP) is 1.20. The van der Waals surface area contributed by atoms with Crippen LogP contribution in [0.5, 0.6) is 0 Å². The molecule has 0 aliphatic rings. The van der Waals surface area contributed by atoms with Crippen LogP contribution in [-0.2, 0) is 16.2 Å². The van der Waals surface area contributed by atoms with E-state index in [1.165, 1.54) is 28.9 Å². The number of hydrogen-bond donors (Lipinski definition) is 1. The Morgan fingerprint density at radius 2 is 1.96 bits per heavy atom. The highest BCUT2D eigenvalue weighted by Crippen LogP contribution is 2.12. The van der Waals surface area contributed by atoms with Crippen LogP contribution in [0.25, 0.3) is 11.0 Å². The molecule has 0 atom stereocenters. The number of benzene rings is 2. The van der Waals surface area contributed by atoms with Crippen molar-refractivity contribution < 1.29 is 14.6 Å². The van der Waals surface area contributed by atoms with Gasteiger partial charge in [0.05, 0.1) is 10.4 Å². The van der Waals surface area contributed by atoms with E-state index in [1.807, 2.05) is 6.07 Å². The fraction of sp³-hybridized carbons (Fsp3) is 0.0667. The van der Waals surface area contributed by atoms with Crippen molar-refractivity contribution in [2.24, 2.45) is 10.9 Å². The fourth-order valence-corrected chi connectivity index (χ4v) is 2.09. The summed E-state index contributed by atoms with van der Waals surface area (Å²) in [5.74, 6) is -0.757. The summed E-state index contributed by atoms with van der Waals surface area (Å²) in [5.41, 5.74) is 7.36. The van der Waals surface area contributed by atoms with Crippen molar-refractivity contribution in [3.8, 4) is 0 Å². The van der Waals surface area contributed by atoms with Gasteiger partial charge < -0.3 is 10.6 Å². The number of nitrogens with two attached hydrogens (primary N) is 1. The van der Waals surface area contributed by atoms with Gasteiger partial charge in [0.2, 0.25) is 0 Å². The molecule has 2 aromatic carbocycles. The molecule has 0 fully saturated rings. The van der Waals surface area contributed by atoms with E-state index in [4.69, 9.17) is 10.6 Å². The summed E-state index contributed by atoms with van der Waals surface area (Å²) in [6, 6.07) is 12.5. The molecule has 0 aliphatic carbocycles. The van der Waals surface area contributed by atoms with Crippen LogP contribution >= 0.6 is 0 Å². The number of rotatable bonds is 5. The van der Waals surface area contributed by atoms with Crippen molar-refractivity contribution in [1.82, 2.24) is 15.0 Å². The van der Waals surface area contributed by atoms with Gasteiger partial charge in [-0.15, -0.1) is 5.10 Å². The molecule has 0 unspecified atom stereocenters. The maximum absolute atomic E-state index is 11.9. The first kappa shape index (κ1) is 16.1. The van der Waals surface area contributed by atoms with Crippen molar-refractivity contribution in [3.63, 3.8) is 0 Å². The minimum Gasteiger partial charge on any atom is -0.380 e. The molecule has 1 heterocycles. The van der Waals surface area contributed by atoms with Crippen molar-refractivity contribution in [2.75, 3.05) is 0 Å². The van der Waals surface area contributed by atoms with E-state index >= 15 is 0 Å². The zero-order valence-corrected chi connectivity index (χ0v) is 12.8. The van der Waals surface area contributed by atoms with Gasteiger partial charge in [0.25, 0.3) is 5.69 Å². The SMILES string of the molecule is N/C(=N\OC(=O)Cn1nnc2ccccc21)c1ccc([N+](=O)[O-])cc1. The molecule has 0 saturated carbocycles. The Bertz CT molecular complexity index is 964. The number of nitro groups is 1. The van der Waals surface area contributed by atoms with Crippen LogP contribution in [0.1, 0.15) is 5.56 Å². The molecule has 0 aliphatic heterocycles. The number of amidine groups is 1. The molecule has 0 radical (unpaired) electrons. The Balaban J connectivity index is 1.66. The smallest absolute Gasteiger partial charge is 0.356 e. The van der Waals surface area contributed by atoms with Gasteiger partial charge in [-0.1, -0.05) is 22.5 Å². The normalized spacial score (nSPS) is 11.4. The minimum atomic E-state index is -0.680. The lowest BCUT2D eigenvalue weighted by Crippen LogP contribution is -2.17. The van der Waals surface area contributed by atoms with Crippen LogP contribution in [0.4, 0.5) is 5.69 Å². The van der Waals surface area contributed by atoms with Gasteiger partial charge >= 0.3 is 5.97 Å². The number of nitro benzene ring substituents is 1. The van der Waals surface area contributed by atoms with E-state index in [1.54, 1.807) is 18.2 Å². The molecule has 0 bridgehead atoms. The maximum Gasteiger partial charge on any atom is 0.356 e. The summed E-state index contributed by atoms with van der Waals surface area (Å²) in [6.07, 6.45) is 0. The first-order chi connectivity index (χ1) is 12.0. The summed E-state index contributed by atoms with van der Waals surface area (Å²) in [5, 5.41) is 21.9. The van der Waals surface area contributed by atoms with Crippen molar-refractivity contribution in [3.05, 3.63) is 64.2 Å². The van der Waals surface area contributed by atoms with Crippen LogP contribution < -0.4 is 5.73 Å². The highest BCUT2D eigenvalue weighted by molar-refractivity contribution is 5.97. The molecule has 1 aromatic heterocycles. The lowest BCUT2D eigenvalue weighted by atomic mass is 10.2. The molecule has 25 heavy (non-hydrogen) atoms. The molecule has 10 heteroatoms. The number of aromatic nitrogens is 3. The Morgan fingerprint density at radius 3 is 2.68 bits per heavy atom. The van der Waals surface area contributed by atoms with Gasteiger partial charge in [0, 0.05) is 17.7 Å². The van der Waals surface area contributed by atoms with E-state index < -0.39 is 10.9 Å². The molecule has 3 aromatic rings. The van der Waals surface area contributed by atoms with Gasteiger partial charge in [0.15, 0.2) is 5.84 Å². The number of hydrogen-bond acceptors (Lipinski definition) is 7. The first-order valence-corrected chi connectivity index (χ1v) is 7.11. The van der Waals surface area contributed by atoms with E-state index in [0.29, 0.717) is 16.6 Å². The van der Waals surface area contributed by atoms with Crippen LogP contribution in [0.2, 0.25) is 0 Å². The van der Waals surface area contributed by atoms with Crippen LogP contribution in [0.15, 0.2) is 53.7 Å². The maximum atomic E-state index is 11.9. The standard InChI is InChI=1S/C15H12N6O4/c16-15(10-5-7-11(8-6-10)21(23)24)18-25-14(22)9-20-13-4-2-1-3-12(13)17-19-20/h1-8H,9H2,(H2,16,18). The van der Waals surface area contributed by atoms with Gasteiger partial charge in [-0.05, 0) is 24.3 Å². The lowest BCUT2D eigenvalue weighted by molar-refractivity contribution is -0.384. The summed E-state index contributed by atoms with van der Waals surface area (Å²) in [7, 11) is 0. The van der Waals surface area contributed by atoms with Gasteiger partial charge in [0.1, 0.15) is 12.1 Å². The fourth-order valence-electron chi connectivity index (χ4n) is 2.09. The number of oxime groups is 1. The third-order valence-corrected chi connectivity index (χ3v) is 3.32. The zero-order valence-electron chi connectivity index (χ0n) is 12.8. The van der Waals surface area contributed by atoms with Crippen molar-refractivity contribution in [2.45, 2.75) is 6.54 Å². The molecule has 0 spiro atoms. The summed E-state index contributed by atoms with van der Waals surface area (Å²) in [6.45, 7) is -0.183. The largest absolute Gasteiger partial charge is 0.380 e. The molecule has 0 amide bonds. The van der Waals surface area contributed by atoms with E-state index in [2.05, 4.69) is 15.5 Å². The third kappa shape index (κ3) is 3.58. The second kappa shape index (κ2) is 6.74. The van der Waals surface area contributed by atoms with Crippen molar-refractivity contribution >= 4 is 28.5 Å². The van der Waals surface area contributed by atoms with Gasteiger partial charge in [-0.25, -0.2) is 9.48 Å². The number of non-ortho nitro benzene ring substituents is 1. The summed E-state index contributed by atoms with van der Waals surface area (Å²) < 4.78 is 1.38. The zero-order chi connectivity index (χ0) is 17.8. The number of carbonyl (C=O) groups excluding carboxylic acids is 1. The average Bonchev–Trinajstić information content (AvgIpc) is 3.03. The Hall–Kier alpha value is -3.82. The summed E-state index contributed by atoms with van der Waals surface area (Å²) in [4.78, 5) is 26.7. The molecule has 2 N–H and O–H groups in total. The van der Waals surface area contributed by atoms with Crippen LogP contribution in [0, 0.1) is 10.1 Å². The Morgan fingerprint density at radius 1 is 1.24 bits per heavy atom. The van der Waals surface area contributed by atoms with E-state index in [9.17, 15) is 14.9 Å². The second-order valence-corrected chi connectivity index (χ2v) is 4.98. The molecule has 3 rings (SSSR count).